The summed E-state index contributed by atoms with van der Waals surface area (Å²) in [7, 11) is 1.97. The molecule has 50 heavy (non-hydrogen) atoms. The maximum atomic E-state index is 9.81. The molecule has 0 saturated heterocycles. The number of carbonyl (C=O) groups excluding carboxylic acids is 2. The summed E-state index contributed by atoms with van der Waals surface area (Å²) in [6, 6.07) is 23.9. The van der Waals surface area contributed by atoms with E-state index < -0.39 is 0 Å². The molecule has 0 radical (unpaired) electrons. The fourth-order valence-electron chi connectivity index (χ4n) is 5.33. The predicted octanol–water partition coefficient (Wildman–Crippen LogP) is 9.55. The van der Waals surface area contributed by atoms with Gasteiger partial charge < -0.3 is 15.4 Å². The second-order valence-electron chi connectivity index (χ2n) is 12.5. The van der Waals surface area contributed by atoms with Crippen LogP contribution in [-0.2, 0) is 26.3 Å². The van der Waals surface area contributed by atoms with E-state index in [9.17, 15) is 9.59 Å². The standard InChI is InChI=1S/C24H23N.C17H25NO.C4H6O2/c1-3-18-9-7-8-12-22(18)23(4-2)25-24(15-16-24)21-14-13-19-10-5-6-11-20(19)17-21;1-5-7-8-9-10-16(19-6-2)15(3)11-12-17(18-4)13-14-17;1-2-4(6)3-5/h5-14,17,25H,2-3,15-16H2,1H3;7-10,18H,5-6,13-14H2,1-4H3;3H,2H2,1H3/b;8-7+,10-9-,16-15-;. The van der Waals surface area contributed by atoms with E-state index in [0.717, 1.165) is 55.6 Å². The van der Waals surface area contributed by atoms with Gasteiger partial charge in [0.1, 0.15) is 5.76 Å². The molecule has 262 valence electrons. The molecule has 0 bridgehead atoms. The molecule has 0 unspecified atom stereocenters. The molecule has 0 spiro atoms. The highest BCUT2D eigenvalue weighted by Gasteiger charge is 2.45. The molecule has 0 amide bonds. The van der Waals surface area contributed by atoms with Gasteiger partial charge in [-0.05, 0) is 93.5 Å². The Labute approximate surface area is 300 Å². The molecule has 0 heterocycles. The Morgan fingerprint density at radius 1 is 0.940 bits per heavy atom. The first-order valence-electron chi connectivity index (χ1n) is 17.9. The monoisotopic (exact) mass is 670 g/mol. The number of rotatable bonds is 13. The van der Waals surface area contributed by atoms with Crippen LogP contribution >= 0.6 is 0 Å². The molecule has 2 N–H and O–H groups in total. The van der Waals surface area contributed by atoms with Crippen LogP contribution < -0.4 is 10.6 Å². The Morgan fingerprint density at radius 2 is 1.64 bits per heavy atom. The molecular formula is C45H54N2O3. The second kappa shape index (κ2) is 20.0. The van der Waals surface area contributed by atoms with Gasteiger partial charge in [-0.2, -0.15) is 0 Å². The molecule has 2 saturated carbocycles. The molecular weight excluding hydrogens is 617 g/mol. The number of ketones is 1. The van der Waals surface area contributed by atoms with E-state index in [1.54, 1.807) is 6.92 Å². The van der Waals surface area contributed by atoms with Crippen molar-refractivity contribution in [3.05, 3.63) is 131 Å². The van der Waals surface area contributed by atoms with Crippen LogP contribution in [0.3, 0.4) is 0 Å². The molecule has 0 atom stereocenters. The van der Waals surface area contributed by atoms with Crippen molar-refractivity contribution in [3.8, 4) is 11.8 Å². The number of hydrogen-bond acceptors (Lipinski definition) is 5. The Kier molecular flexibility index (Phi) is 15.8. The molecule has 5 nitrogen and oxygen atoms in total. The zero-order valence-electron chi connectivity index (χ0n) is 30.8. The van der Waals surface area contributed by atoms with Gasteiger partial charge in [-0.1, -0.05) is 118 Å². The lowest BCUT2D eigenvalue weighted by molar-refractivity contribution is -0.129. The van der Waals surface area contributed by atoms with Crippen molar-refractivity contribution in [2.45, 2.75) is 90.6 Å². The lowest BCUT2D eigenvalue weighted by Gasteiger charge is -2.22. The van der Waals surface area contributed by atoms with Crippen LogP contribution in [0.1, 0.15) is 89.8 Å². The highest BCUT2D eigenvalue weighted by Crippen LogP contribution is 2.47. The minimum Gasteiger partial charge on any atom is -0.493 e. The summed E-state index contributed by atoms with van der Waals surface area (Å²) in [6.45, 7) is 14.6. The maximum Gasteiger partial charge on any atom is 0.194 e. The summed E-state index contributed by atoms with van der Waals surface area (Å²) in [5.74, 6) is 7.06. The Balaban J connectivity index is 0.000000240. The average Bonchev–Trinajstić information content (AvgIpc) is 4.11. The number of fused-ring (bicyclic) bond motifs is 1. The lowest BCUT2D eigenvalue weighted by atomic mass is 9.98. The zero-order chi connectivity index (χ0) is 36.4. The van der Waals surface area contributed by atoms with Crippen LogP contribution in [0.4, 0.5) is 0 Å². The molecule has 0 aliphatic heterocycles. The van der Waals surface area contributed by atoms with Gasteiger partial charge in [0.2, 0.25) is 0 Å². The van der Waals surface area contributed by atoms with Gasteiger partial charge in [0.15, 0.2) is 12.1 Å². The van der Waals surface area contributed by atoms with Crippen molar-refractivity contribution in [3.63, 3.8) is 0 Å². The van der Waals surface area contributed by atoms with Crippen molar-refractivity contribution >= 4 is 28.5 Å². The number of hydrogen-bond donors (Lipinski definition) is 2. The van der Waals surface area contributed by atoms with Gasteiger partial charge in [0.05, 0.1) is 23.4 Å². The first-order valence-corrected chi connectivity index (χ1v) is 17.9. The van der Waals surface area contributed by atoms with Crippen LogP contribution in [0.25, 0.3) is 16.5 Å². The lowest BCUT2D eigenvalue weighted by Crippen LogP contribution is -2.27. The van der Waals surface area contributed by atoms with Crippen LogP contribution in [0.5, 0.6) is 0 Å². The zero-order valence-corrected chi connectivity index (χ0v) is 30.8. The van der Waals surface area contributed by atoms with E-state index in [0.29, 0.717) is 19.3 Å². The number of ether oxygens (including phenoxy) is 1. The third-order valence-electron chi connectivity index (χ3n) is 8.86. The van der Waals surface area contributed by atoms with Gasteiger partial charge >= 0.3 is 0 Å². The number of allylic oxidation sites excluding steroid dienone is 5. The first kappa shape index (κ1) is 39.6. The molecule has 2 aliphatic rings. The van der Waals surface area contributed by atoms with E-state index in [-0.39, 0.29) is 16.9 Å². The number of aryl methyl sites for hydroxylation is 1. The third kappa shape index (κ3) is 11.6. The van der Waals surface area contributed by atoms with Crippen molar-refractivity contribution in [1.29, 1.82) is 0 Å². The summed E-state index contributed by atoms with van der Waals surface area (Å²) in [4.78, 5) is 19.2. The Bertz CT molecular complexity index is 1800. The largest absolute Gasteiger partial charge is 0.493 e. The van der Waals surface area contributed by atoms with E-state index in [1.807, 2.05) is 39.1 Å². The molecule has 5 rings (SSSR count). The van der Waals surface area contributed by atoms with Gasteiger partial charge in [-0.3, -0.25) is 9.59 Å². The predicted molar refractivity (Wildman–Crippen MR) is 209 cm³/mol. The molecule has 3 aromatic rings. The fourth-order valence-corrected chi connectivity index (χ4v) is 5.33. The maximum absolute atomic E-state index is 9.81. The van der Waals surface area contributed by atoms with Crippen molar-refractivity contribution in [2.24, 2.45) is 0 Å². The first-order chi connectivity index (χ1) is 24.2. The SMILES string of the molecule is C=C=C(NC1(c2ccc3ccccc3c2)CC1)c1ccccc1CC.CC/C=C/C=C\C(OCC)=C(/C)C#CC1(NC)CC1.CCC(=O)C=O. The van der Waals surface area contributed by atoms with Gasteiger partial charge in [0, 0.05) is 17.6 Å². The Morgan fingerprint density at radius 3 is 2.20 bits per heavy atom. The number of benzene rings is 3. The van der Waals surface area contributed by atoms with Gasteiger partial charge in [0.25, 0.3) is 0 Å². The molecule has 2 aliphatic carbocycles. The minimum absolute atomic E-state index is 0.0188. The van der Waals surface area contributed by atoms with Crippen LogP contribution in [-0.4, -0.2) is 31.3 Å². The van der Waals surface area contributed by atoms with Crippen LogP contribution in [0.2, 0.25) is 0 Å². The van der Waals surface area contributed by atoms with E-state index in [1.165, 1.54) is 27.5 Å². The van der Waals surface area contributed by atoms with Crippen molar-refractivity contribution in [1.82, 2.24) is 10.6 Å². The van der Waals surface area contributed by atoms with E-state index in [2.05, 4.69) is 121 Å². The second-order valence-corrected chi connectivity index (χ2v) is 12.5. The highest BCUT2D eigenvalue weighted by atomic mass is 16.5. The smallest absolute Gasteiger partial charge is 0.194 e. The summed E-state index contributed by atoms with van der Waals surface area (Å²) in [5, 5.41) is 9.63. The van der Waals surface area contributed by atoms with Gasteiger partial charge in [-0.15, -0.1) is 5.73 Å². The van der Waals surface area contributed by atoms with Crippen molar-refractivity contribution in [2.75, 3.05) is 13.7 Å². The average molecular weight is 671 g/mol. The third-order valence-corrected chi connectivity index (χ3v) is 8.86. The minimum atomic E-state index is -0.338. The highest BCUT2D eigenvalue weighted by molar-refractivity contribution is 6.24. The van der Waals surface area contributed by atoms with Crippen molar-refractivity contribution < 1.29 is 14.3 Å². The summed E-state index contributed by atoms with van der Waals surface area (Å²) < 4.78 is 5.64. The summed E-state index contributed by atoms with van der Waals surface area (Å²) in [6.07, 6.45) is 15.4. The molecule has 0 aromatic heterocycles. The number of aldehydes is 1. The normalized spacial score (nSPS) is 15.2. The molecule has 5 heteroatoms. The Hall–Kier alpha value is -4.88. The number of nitrogens with one attached hydrogen (secondary N) is 2. The molecule has 2 fully saturated rings. The number of Topliss-reactive ketones (excluding diaryl/α,β-unsaturated/α-hetero) is 1. The van der Waals surface area contributed by atoms with Crippen LogP contribution in [0, 0.1) is 11.8 Å². The summed E-state index contributed by atoms with van der Waals surface area (Å²) in [5.41, 5.74) is 9.14. The van der Waals surface area contributed by atoms with E-state index in [4.69, 9.17) is 4.74 Å². The fraction of sp³-hybridized carbons (Fsp3) is 0.356. The summed E-state index contributed by atoms with van der Waals surface area (Å²) >= 11 is 0. The molecule has 3 aromatic carbocycles. The van der Waals surface area contributed by atoms with E-state index >= 15 is 0 Å². The van der Waals surface area contributed by atoms with Crippen LogP contribution in [0.15, 0.2) is 115 Å². The van der Waals surface area contributed by atoms with Gasteiger partial charge in [-0.25, -0.2) is 0 Å². The number of carbonyl (C=O) groups is 2. The topological polar surface area (TPSA) is 67.4 Å². The quantitative estimate of drug-likeness (QED) is 0.0474.